The lowest BCUT2D eigenvalue weighted by Gasteiger charge is -2.23. The molecule has 2 aromatic heterocycles. The predicted octanol–water partition coefficient (Wildman–Crippen LogP) is 4.76. The number of benzene rings is 2. The Morgan fingerprint density at radius 2 is 1.56 bits per heavy atom. The fourth-order valence-corrected chi connectivity index (χ4v) is 3.99. The molecule has 2 aromatic carbocycles. The van der Waals surface area contributed by atoms with E-state index in [1.165, 1.54) is 0 Å². The summed E-state index contributed by atoms with van der Waals surface area (Å²) in [5.41, 5.74) is 11.1. The van der Waals surface area contributed by atoms with Crippen molar-refractivity contribution in [2.24, 2.45) is 5.73 Å². The van der Waals surface area contributed by atoms with Crippen LogP contribution in [0.5, 0.6) is 0 Å². The van der Waals surface area contributed by atoms with Gasteiger partial charge in [0.15, 0.2) is 6.04 Å². The summed E-state index contributed by atoms with van der Waals surface area (Å²) in [5, 5.41) is 24.3. The van der Waals surface area contributed by atoms with Crippen LogP contribution >= 0.6 is 0 Å². The molecule has 36 heavy (non-hydrogen) atoms. The molecule has 0 fully saturated rings. The van der Waals surface area contributed by atoms with Crippen molar-refractivity contribution in [2.75, 3.05) is 10.6 Å². The van der Waals surface area contributed by atoms with Crippen molar-refractivity contribution >= 4 is 23.2 Å². The molecular formula is C28H28N6O2. The number of rotatable bonds is 10. The number of nitrogens with zero attached hydrogens (tertiary/aromatic N) is 2. The molecule has 1 unspecified atom stereocenters. The van der Waals surface area contributed by atoms with Crippen molar-refractivity contribution in [1.29, 1.82) is 5.41 Å². The molecule has 0 bridgehead atoms. The molecule has 6 N–H and O–H groups in total. The number of pyridine rings is 2. The standard InChI is InChI=1S/C28H28N6O2/c1-2-18-13-22(26(28(35)36)33-23-9-7-19(8-10-23)27(29)30)15-24(14-18)34-25(20-5-3-11-31-16-20)21-6-4-12-32-17-21/h3-17,25-26,33-34H,2H2,1H3,(H3,29,30)(H,35,36). The maximum absolute atomic E-state index is 12.3. The van der Waals surface area contributed by atoms with Crippen molar-refractivity contribution in [3.05, 3.63) is 119 Å². The van der Waals surface area contributed by atoms with E-state index in [1.54, 1.807) is 36.7 Å². The Kier molecular flexibility index (Phi) is 7.55. The Labute approximate surface area is 209 Å². The summed E-state index contributed by atoms with van der Waals surface area (Å²) < 4.78 is 0. The molecule has 4 aromatic rings. The zero-order chi connectivity index (χ0) is 25.5. The Morgan fingerprint density at radius 1 is 0.917 bits per heavy atom. The monoisotopic (exact) mass is 480 g/mol. The first kappa shape index (κ1) is 24.4. The summed E-state index contributed by atoms with van der Waals surface area (Å²) in [7, 11) is 0. The second kappa shape index (κ2) is 11.1. The van der Waals surface area contributed by atoms with Crippen molar-refractivity contribution < 1.29 is 9.90 Å². The number of nitrogen functional groups attached to an aromatic ring is 1. The third kappa shape index (κ3) is 5.85. The van der Waals surface area contributed by atoms with E-state index in [0.717, 1.165) is 28.8 Å². The van der Waals surface area contributed by atoms with Crippen LogP contribution < -0.4 is 16.4 Å². The minimum Gasteiger partial charge on any atom is -0.479 e. The third-order valence-electron chi connectivity index (χ3n) is 5.86. The van der Waals surface area contributed by atoms with Gasteiger partial charge >= 0.3 is 5.97 Å². The topological polar surface area (TPSA) is 137 Å². The van der Waals surface area contributed by atoms with E-state index in [2.05, 4.69) is 20.6 Å². The summed E-state index contributed by atoms with van der Waals surface area (Å²) in [4.78, 5) is 20.8. The van der Waals surface area contributed by atoms with Gasteiger partial charge in [-0.3, -0.25) is 15.4 Å². The number of aromatic nitrogens is 2. The molecule has 2 heterocycles. The molecule has 0 saturated heterocycles. The van der Waals surface area contributed by atoms with Gasteiger partial charge in [0.05, 0.1) is 6.04 Å². The third-order valence-corrected chi connectivity index (χ3v) is 5.86. The smallest absolute Gasteiger partial charge is 0.330 e. The number of nitrogens with one attached hydrogen (secondary N) is 3. The maximum atomic E-state index is 12.3. The summed E-state index contributed by atoms with van der Waals surface area (Å²) in [6.07, 6.45) is 7.81. The highest BCUT2D eigenvalue weighted by atomic mass is 16.4. The van der Waals surface area contributed by atoms with Gasteiger partial charge in [0.2, 0.25) is 0 Å². The van der Waals surface area contributed by atoms with E-state index in [4.69, 9.17) is 11.1 Å². The first-order valence-corrected chi connectivity index (χ1v) is 11.6. The van der Waals surface area contributed by atoms with Gasteiger partial charge in [0, 0.05) is 41.7 Å². The lowest BCUT2D eigenvalue weighted by Crippen LogP contribution is -2.21. The Morgan fingerprint density at radius 3 is 2.06 bits per heavy atom. The fraction of sp³-hybridized carbons (Fsp3) is 0.143. The average molecular weight is 481 g/mol. The largest absolute Gasteiger partial charge is 0.479 e. The molecule has 182 valence electrons. The van der Waals surface area contributed by atoms with Gasteiger partial charge in [-0.25, -0.2) is 4.79 Å². The van der Waals surface area contributed by atoms with Crippen molar-refractivity contribution in [3.8, 4) is 0 Å². The number of anilines is 2. The zero-order valence-electron chi connectivity index (χ0n) is 19.8. The van der Waals surface area contributed by atoms with Gasteiger partial charge in [-0.1, -0.05) is 25.1 Å². The number of carboxylic acids is 1. The van der Waals surface area contributed by atoms with Gasteiger partial charge in [-0.05, 0) is 77.2 Å². The molecule has 0 aliphatic heterocycles. The number of carboxylic acid groups (broad SMARTS) is 1. The fourth-order valence-electron chi connectivity index (χ4n) is 3.99. The number of amidine groups is 1. The number of aliphatic carboxylic acids is 1. The van der Waals surface area contributed by atoms with Crippen molar-refractivity contribution in [2.45, 2.75) is 25.4 Å². The number of nitrogens with two attached hydrogens (primary N) is 1. The van der Waals surface area contributed by atoms with Crippen LogP contribution in [0, 0.1) is 5.41 Å². The molecule has 0 saturated carbocycles. The molecule has 4 rings (SSSR count). The summed E-state index contributed by atoms with van der Waals surface area (Å²) in [6, 6.07) is 19.2. The molecular weight excluding hydrogens is 452 g/mol. The second-order valence-corrected chi connectivity index (χ2v) is 8.37. The summed E-state index contributed by atoms with van der Waals surface area (Å²) in [5.74, 6) is -1.04. The van der Waals surface area contributed by atoms with E-state index < -0.39 is 12.0 Å². The van der Waals surface area contributed by atoms with E-state index in [-0.39, 0.29) is 11.9 Å². The highest BCUT2D eigenvalue weighted by Crippen LogP contribution is 2.30. The van der Waals surface area contributed by atoms with Crippen LogP contribution in [-0.4, -0.2) is 26.9 Å². The number of hydrogen-bond acceptors (Lipinski definition) is 6. The SMILES string of the molecule is CCc1cc(NC(c2cccnc2)c2cccnc2)cc(C(Nc2ccc(C(=N)N)cc2)C(=O)O)c1. The summed E-state index contributed by atoms with van der Waals surface area (Å²) in [6.45, 7) is 2.03. The molecule has 0 spiro atoms. The lowest BCUT2D eigenvalue weighted by molar-refractivity contribution is -0.138. The molecule has 0 aliphatic rings. The van der Waals surface area contributed by atoms with Gasteiger partial charge in [-0.15, -0.1) is 0 Å². The number of hydrogen-bond donors (Lipinski definition) is 5. The van der Waals surface area contributed by atoms with Crippen molar-refractivity contribution in [3.63, 3.8) is 0 Å². The van der Waals surface area contributed by atoms with Crippen LogP contribution in [0.15, 0.2) is 91.5 Å². The van der Waals surface area contributed by atoms with Gasteiger partial charge in [0.25, 0.3) is 0 Å². The van der Waals surface area contributed by atoms with Gasteiger partial charge < -0.3 is 21.5 Å². The number of aryl methyl sites for hydroxylation is 1. The molecule has 8 heteroatoms. The van der Waals surface area contributed by atoms with Crippen LogP contribution in [0.25, 0.3) is 0 Å². The van der Waals surface area contributed by atoms with E-state index >= 15 is 0 Å². The van der Waals surface area contributed by atoms with Crippen LogP contribution in [0.2, 0.25) is 0 Å². The minimum atomic E-state index is -0.999. The molecule has 1 atom stereocenters. The van der Waals surface area contributed by atoms with E-state index in [1.807, 2.05) is 61.8 Å². The Bertz CT molecular complexity index is 1290. The summed E-state index contributed by atoms with van der Waals surface area (Å²) >= 11 is 0. The van der Waals surface area contributed by atoms with Gasteiger partial charge in [0.1, 0.15) is 5.84 Å². The first-order chi connectivity index (χ1) is 17.4. The lowest BCUT2D eigenvalue weighted by atomic mass is 9.98. The normalized spacial score (nSPS) is 11.6. The van der Waals surface area contributed by atoms with Crippen LogP contribution in [-0.2, 0) is 11.2 Å². The number of carbonyl (C=O) groups is 1. The van der Waals surface area contributed by atoms with E-state index in [0.29, 0.717) is 16.8 Å². The van der Waals surface area contributed by atoms with E-state index in [9.17, 15) is 9.90 Å². The van der Waals surface area contributed by atoms with Crippen LogP contribution in [0.1, 0.15) is 46.8 Å². The van der Waals surface area contributed by atoms with Crippen molar-refractivity contribution in [1.82, 2.24) is 9.97 Å². The predicted molar refractivity (Wildman–Crippen MR) is 141 cm³/mol. The highest BCUT2D eigenvalue weighted by molar-refractivity contribution is 5.95. The average Bonchev–Trinajstić information content (AvgIpc) is 2.91. The second-order valence-electron chi connectivity index (χ2n) is 8.37. The molecule has 0 aliphatic carbocycles. The Hall–Kier alpha value is -4.72. The minimum absolute atomic E-state index is 0.0421. The maximum Gasteiger partial charge on any atom is 0.330 e. The van der Waals surface area contributed by atoms with Crippen LogP contribution in [0.3, 0.4) is 0 Å². The Balaban J connectivity index is 1.68. The van der Waals surface area contributed by atoms with Crippen LogP contribution in [0.4, 0.5) is 11.4 Å². The molecule has 0 radical (unpaired) electrons. The zero-order valence-corrected chi connectivity index (χ0v) is 19.8. The first-order valence-electron chi connectivity index (χ1n) is 11.6. The van der Waals surface area contributed by atoms with Gasteiger partial charge in [-0.2, -0.15) is 0 Å². The molecule has 0 amide bonds. The molecule has 8 nitrogen and oxygen atoms in total. The highest BCUT2D eigenvalue weighted by Gasteiger charge is 2.22. The quantitative estimate of drug-likeness (QED) is 0.163.